The number of hydrogen-bond acceptors (Lipinski definition) is 5. The quantitative estimate of drug-likeness (QED) is 0.721. The van der Waals surface area contributed by atoms with Crippen molar-refractivity contribution in [1.29, 1.82) is 0 Å². The summed E-state index contributed by atoms with van der Waals surface area (Å²) in [6.45, 7) is 3.38. The van der Waals surface area contributed by atoms with Crippen molar-refractivity contribution < 1.29 is 23.8 Å². The fourth-order valence-electron chi connectivity index (χ4n) is 2.56. The molecule has 0 spiro atoms. The van der Waals surface area contributed by atoms with E-state index in [4.69, 9.17) is 14.2 Å². The smallest absolute Gasteiger partial charge is 0.307 e. The lowest BCUT2D eigenvalue weighted by Crippen LogP contribution is -2.35. The van der Waals surface area contributed by atoms with Gasteiger partial charge < -0.3 is 19.1 Å². The first-order valence-electron chi connectivity index (χ1n) is 8.02. The maximum absolute atomic E-state index is 12.8. The van der Waals surface area contributed by atoms with Gasteiger partial charge in [0.15, 0.2) is 11.5 Å². The molecule has 0 atom stereocenters. The van der Waals surface area contributed by atoms with E-state index in [2.05, 4.69) is 0 Å². The summed E-state index contributed by atoms with van der Waals surface area (Å²) in [6.07, 6.45) is 2.51. The number of carbonyl (C=O) groups excluding carboxylic acids is 2. The van der Waals surface area contributed by atoms with Gasteiger partial charge in [-0.1, -0.05) is 0 Å². The topological polar surface area (TPSA) is 65.1 Å². The van der Waals surface area contributed by atoms with Crippen LogP contribution in [0.4, 0.5) is 0 Å². The largest absolute Gasteiger partial charge is 0.466 e. The van der Waals surface area contributed by atoms with Crippen LogP contribution in [0.3, 0.4) is 0 Å². The Balaban J connectivity index is 1.67. The summed E-state index contributed by atoms with van der Waals surface area (Å²) in [5, 5.41) is 0. The number of fused-ring (bicyclic) bond motifs is 1. The number of amides is 1. The number of esters is 1. The molecule has 1 aliphatic carbocycles. The number of rotatable bonds is 7. The van der Waals surface area contributed by atoms with Crippen molar-refractivity contribution in [2.45, 2.75) is 26.2 Å². The molecule has 1 aliphatic heterocycles. The Labute approximate surface area is 135 Å². The van der Waals surface area contributed by atoms with E-state index < -0.39 is 0 Å². The van der Waals surface area contributed by atoms with Crippen LogP contribution in [0.15, 0.2) is 18.2 Å². The molecule has 23 heavy (non-hydrogen) atoms. The number of nitrogens with zero attached hydrogens (tertiary/aromatic N) is 1. The van der Waals surface area contributed by atoms with E-state index in [0.717, 1.165) is 12.8 Å². The van der Waals surface area contributed by atoms with Crippen LogP contribution in [0, 0.1) is 5.92 Å². The predicted molar refractivity (Wildman–Crippen MR) is 82.4 cm³/mol. The van der Waals surface area contributed by atoms with Gasteiger partial charge in [0, 0.05) is 18.7 Å². The minimum atomic E-state index is -0.271. The van der Waals surface area contributed by atoms with Crippen molar-refractivity contribution in [3.8, 4) is 11.5 Å². The van der Waals surface area contributed by atoms with Gasteiger partial charge in [-0.15, -0.1) is 0 Å². The molecule has 1 aromatic rings. The van der Waals surface area contributed by atoms with Crippen LogP contribution >= 0.6 is 0 Å². The monoisotopic (exact) mass is 319 g/mol. The Morgan fingerprint density at radius 3 is 2.78 bits per heavy atom. The molecule has 1 aromatic carbocycles. The van der Waals surface area contributed by atoms with Crippen LogP contribution in [0.2, 0.25) is 0 Å². The van der Waals surface area contributed by atoms with Crippen molar-refractivity contribution >= 4 is 11.9 Å². The molecule has 124 valence electrons. The molecule has 1 amide bonds. The van der Waals surface area contributed by atoms with Crippen LogP contribution in [-0.4, -0.2) is 43.3 Å². The first-order valence-corrected chi connectivity index (χ1v) is 8.02. The molecule has 0 bridgehead atoms. The molecule has 6 nitrogen and oxygen atoms in total. The van der Waals surface area contributed by atoms with Crippen molar-refractivity contribution in [2.75, 3.05) is 26.5 Å². The third-order valence-corrected chi connectivity index (χ3v) is 3.97. The van der Waals surface area contributed by atoms with E-state index in [9.17, 15) is 9.59 Å². The highest BCUT2D eigenvalue weighted by Gasteiger charge is 2.28. The second-order valence-corrected chi connectivity index (χ2v) is 5.82. The standard InChI is InChI=1S/C17H21NO5/c1-2-21-16(19)7-8-18(10-12-3-4-12)17(20)13-5-6-14-15(9-13)23-11-22-14/h5-6,9,12H,2-4,7-8,10-11H2,1H3. The molecule has 0 N–H and O–H groups in total. The van der Waals surface area contributed by atoms with Gasteiger partial charge in [-0.3, -0.25) is 9.59 Å². The second kappa shape index (κ2) is 6.89. The summed E-state index contributed by atoms with van der Waals surface area (Å²) in [7, 11) is 0. The molecule has 1 saturated carbocycles. The zero-order valence-electron chi connectivity index (χ0n) is 13.2. The average molecular weight is 319 g/mol. The number of benzene rings is 1. The van der Waals surface area contributed by atoms with Gasteiger partial charge in [0.05, 0.1) is 13.0 Å². The highest BCUT2D eigenvalue weighted by atomic mass is 16.7. The first-order chi connectivity index (χ1) is 11.2. The van der Waals surface area contributed by atoms with Gasteiger partial charge in [-0.2, -0.15) is 0 Å². The van der Waals surface area contributed by atoms with E-state index in [1.54, 1.807) is 30.0 Å². The summed E-state index contributed by atoms with van der Waals surface area (Å²) in [4.78, 5) is 26.1. The van der Waals surface area contributed by atoms with Crippen molar-refractivity contribution in [3.63, 3.8) is 0 Å². The molecule has 0 aromatic heterocycles. The molecule has 0 radical (unpaired) electrons. The fourth-order valence-corrected chi connectivity index (χ4v) is 2.56. The maximum atomic E-state index is 12.8. The van der Waals surface area contributed by atoms with Gasteiger partial charge in [-0.25, -0.2) is 0 Å². The molecular weight excluding hydrogens is 298 g/mol. The van der Waals surface area contributed by atoms with E-state index in [-0.39, 0.29) is 25.1 Å². The van der Waals surface area contributed by atoms with Crippen LogP contribution in [-0.2, 0) is 9.53 Å². The molecule has 0 saturated heterocycles. The number of hydrogen-bond donors (Lipinski definition) is 0. The van der Waals surface area contributed by atoms with Gasteiger partial charge in [0.1, 0.15) is 0 Å². The second-order valence-electron chi connectivity index (χ2n) is 5.82. The Kier molecular flexibility index (Phi) is 4.69. The van der Waals surface area contributed by atoms with Crippen molar-refractivity contribution in [3.05, 3.63) is 23.8 Å². The normalized spacial score (nSPS) is 15.3. The Morgan fingerprint density at radius 1 is 1.26 bits per heavy atom. The summed E-state index contributed by atoms with van der Waals surface area (Å²) in [5.41, 5.74) is 0.554. The highest BCUT2D eigenvalue weighted by Crippen LogP contribution is 2.34. The zero-order valence-corrected chi connectivity index (χ0v) is 13.2. The predicted octanol–water partition coefficient (Wildman–Crippen LogP) is 2.22. The van der Waals surface area contributed by atoms with Crippen molar-refractivity contribution in [2.24, 2.45) is 5.92 Å². The van der Waals surface area contributed by atoms with Crippen LogP contribution in [0.25, 0.3) is 0 Å². The SMILES string of the molecule is CCOC(=O)CCN(CC1CC1)C(=O)c1ccc2c(c1)OCO2. The Bertz CT molecular complexity index is 597. The van der Waals surface area contributed by atoms with Gasteiger partial charge in [0.2, 0.25) is 6.79 Å². The summed E-state index contributed by atoms with van der Waals surface area (Å²) in [5.74, 6) is 1.44. The Hall–Kier alpha value is -2.24. The summed E-state index contributed by atoms with van der Waals surface area (Å²) < 4.78 is 15.5. The van der Waals surface area contributed by atoms with Gasteiger partial charge in [-0.05, 0) is 43.9 Å². The van der Waals surface area contributed by atoms with Gasteiger partial charge >= 0.3 is 5.97 Å². The lowest BCUT2D eigenvalue weighted by molar-refractivity contribution is -0.143. The average Bonchev–Trinajstić information content (AvgIpc) is 3.24. The van der Waals surface area contributed by atoms with E-state index in [1.807, 2.05) is 0 Å². The van der Waals surface area contributed by atoms with E-state index in [0.29, 0.717) is 42.7 Å². The minimum absolute atomic E-state index is 0.0838. The zero-order chi connectivity index (χ0) is 16.2. The third kappa shape index (κ3) is 3.94. The van der Waals surface area contributed by atoms with Gasteiger partial charge in [0.25, 0.3) is 5.91 Å². The lowest BCUT2D eigenvalue weighted by Gasteiger charge is -2.22. The van der Waals surface area contributed by atoms with Crippen LogP contribution in [0.1, 0.15) is 36.5 Å². The molecular formula is C17H21NO5. The molecule has 0 unspecified atom stereocenters. The molecule has 6 heteroatoms. The van der Waals surface area contributed by atoms with E-state index >= 15 is 0 Å². The molecule has 2 aliphatic rings. The fraction of sp³-hybridized carbons (Fsp3) is 0.529. The maximum Gasteiger partial charge on any atom is 0.307 e. The molecule has 3 rings (SSSR count). The van der Waals surface area contributed by atoms with Crippen LogP contribution < -0.4 is 9.47 Å². The van der Waals surface area contributed by atoms with Crippen molar-refractivity contribution in [1.82, 2.24) is 4.90 Å². The Morgan fingerprint density at radius 2 is 2.04 bits per heavy atom. The number of carbonyl (C=O) groups is 2. The molecule has 1 fully saturated rings. The van der Waals surface area contributed by atoms with Crippen LogP contribution in [0.5, 0.6) is 11.5 Å². The molecule has 1 heterocycles. The summed E-state index contributed by atoms with van der Waals surface area (Å²) >= 11 is 0. The lowest BCUT2D eigenvalue weighted by atomic mass is 10.1. The minimum Gasteiger partial charge on any atom is -0.466 e. The third-order valence-electron chi connectivity index (χ3n) is 3.97. The summed E-state index contributed by atoms with van der Waals surface area (Å²) in [6, 6.07) is 5.19. The first kappa shape index (κ1) is 15.6. The highest BCUT2D eigenvalue weighted by molar-refractivity contribution is 5.95. The van der Waals surface area contributed by atoms with E-state index in [1.165, 1.54) is 0 Å². The number of ether oxygens (including phenoxy) is 3.